The number of methoxy groups -OCH3 is 1. The minimum absolute atomic E-state index is 0.213. The number of carbonyl (C=O) groups excluding carboxylic acids is 2. The highest BCUT2D eigenvalue weighted by Gasteiger charge is 2.58. The van der Waals surface area contributed by atoms with Crippen molar-refractivity contribution in [1.82, 2.24) is 0 Å². The fourth-order valence-corrected chi connectivity index (χ4v) is 5.94. The van der Waals surface area contributed by atoms with E-state index in [0.717, 1.165) is 41.0 Å². The van der Waals surface area contributed by atoms with Crippen LogP contribution in [0.5, 0.6) is 11.5 Å². The molecule has 5 rings (SSSR count). The number of benzene rings is 2. The van der Waals surface area contributed by atoms with Crippen LogP contribution >= 0.6 is 0 Å². The van der Waals surface area contributed by atoms with E-state index in [4.69, 9.17) is 28.4 Å². The Balaban J connectivity index is 1.58. The van der Waals surface area contributed by atoms with Crippen LogP contribution in [0, 0.1) is 5.92 Å². The van der Waals surface area contributed by atoms with Crippen molar-refractivity contribution in [2.24, 2.45) is 5.92 Å². The van der Waals surface area contributed by atoms with E-state index in [1.807, 2.05) is 32.0 Å². The third-order valence-corrected chi connectivity index (χ3v) is 7.97. The fourth-order valence-electron chi connectivity index (χ4n) is 5.94. The molecule has 0 bridgehead atoms. The zero-order chi connectivity index (χ0) is 27.7. The summed E-state index contributed by atoms with van der Waals surface area (Å²) in [6.45, 7) is 7.74. The number of fused-ring (bicyclic) bond motifs is 1. The Bertz CT molecular complexity index is 1220. The molecule has 39 heavy (non-hydrogen) atoms. The van der Waals surface area contributed by atoms with Gasteiger partial charge in [-0.05, 0) is 66.5 Å². The Morgan fingerprint density at radius 2 is 1.69 bits per heavy atom. The van der Waals surface area contributed by atoms with Gasteiger partial charge in [0.1, 0.15) is 19.3 Å². The number of carbonyl (C=O) groups is 2. The second kappa shape index (κ2) is 11.2. The number of hydrogen-bond acceptors (Lipinski definition) is 8. The summed E-state index contributed by atoms with van der Waals surface area (Å²) < 4.78 is 35.9. The molecule has 1 unspecified atom stereocenters. The molecule has 8 nitrogen and oxygen atoms in total. The Kier molecular flexibility index (Phi) is 7.87. The maximum Gasteiger partial charge on any atom is 0.303 e. The number of rotatable bonds is 8. The van der Waals surface area contributed by atoms with Crippen LogP contribution in [0.1, 0.15) is 75.1 Å². The van der Waals surface area contributed by atoms with Crippen LogP contribution in [-0.4, -0.2) is 50.6 Å². The SMILES string of the molecule is CC[C@H]1OC(OC)(c2ccc(C3CC3)c(Cc3ccc4c(c3)OCCO4)c2)[C@H](OC(C)=O)[C@@H](OC(C)=O)[C@@H]1C. The molecule has 210 valence electrons. The molecular formula is C31H38O8. The van der Waals surface area contributed by atoms with Crippen molar-refractivity contribution in [3.63, 3.8) is 0 Å². The van der Waals surface area contributed by atoms with Gasteiger partial charge in [0, 0.05) is 32.4 Å². The maximum atomic E-state index is 12.3. The van der Waals surface area contributed by atoms with E-state index < -0.39 is 29.9 Å². The van der Waals surface area contributed by atoms with Crippen molar-refractivity contribution in [3.8, 4) is 11.5 Å². The molecule has 2 fully saturated rings. The van der Waals surface area contributed by atoms with Gasteiger partial charge in [-0.15, -0.1) is 0 Å². The van der Waals surface area contributed by atoms with Crippen molar-refractivity contribution in [3.05, 3.63) is 58.7 Å². The van der Waals surface area contributed by atoms with Crippen molar-refractivity contribution in [1.29, 1.82) is 0 Å². The molecule has 0 spiro atoms. The maximum absolute atomic E-state index is 12.3. The molecule has 0 radical (unpaired) electrons. The predicted octanol–water partition coefficient (Wildman–Crippen LogP) is 5.03. The van der Waals surface area contributed by atoms with Crippen molar-refractivity contribution in [2.75, 3.05) is 20.3 Å². The summed E-state index contributed by atoms with van der Waals surface area (Å²) in [5.74, 6) is -0.596. The highest BCUT2D eigenvalue weighted by Crippen LogP contribution is 2.48. The lowest BCUT2D eigenvalue weighted by Crippen LogP contribution is -2.62. The van der Waals surface area contributed by atoms with Gasteiger partial charge >= 0.3 is 11.9 Å². The van der Waals surface area contributed by atoms with Crippen LogP contribution in [0.3, 0.4) is 0 Å². The van der Waals surface area contributed by atoms with Gasteiger partial charge < -0.3 is 28.4 Å². The van der Waals surface area contributed by atoms with Gasteiger partial charge in [-0.3, -0.25) is 9.59 Å². The first-order valence-electron chi connectivity index (χ1n) is 13.8. The first kappa shape index (κ1) is 27.5. The molecule has 8 heteroatoms. The quantitative estimate of drug-likeness (QED) is 0.432. The Hall–Kier alpha value is -3.10. The van der Waals surface area contributed by atoms with Gasteiger partial charge in [0.25, 0.3) is 0 Å². The Labute approximate surface area is 229 Å². The average Bonchev–Trinajstić information content (AvgIpc) is 3.76. The third-order valence-electron chi connectivity index (χ3n) is 7.97. The lowest BCUT2D eigenvalue weighted by molar-refractivity contribution is -0.356. The van der Waals surface area contributed by atoms with Gasteiger partial charge in [-0.25, -0.2) is 0 Å². The summed E-state index contributed by atoms with van der Waals surface area (Å²) in [6, 6.07) is 12.3. The number of ether oxygens (including phenoxy) is 6. The lowest BCUT2D eigenvalue weighted by atomic mass is 9.81. The number of hydrogen-bond donors (Lipinski definition) is 0. The second-order valence-electron chi connectivity index (χ2n) is 10.7. The molecular weight excluding hydrogens is 500 g/mol. The van der Waals surface area contributed by atoms with Gasteiger partial charge in [-0.1, -0.05) is 32.0 Å². The number of esters is 2. The average molecular weight is 539 g/mol. The molecule has 2 aliphatic heterocycles. The molecule has 2 heterocycles. The molecule has 2 aromatic rings. The lowest BCUT2D eigenvalue weighted by Gasteiger charge is -2.50. The summed E-state index contributed by atoms with van der Waals surface area (Å²) in [5, 5.41) is 0. The van der Waals surface area contributed by atoms with Crippen molar-refractivity contribution in [2.45, 2.75) is 83.4 Å². The van der Waals surface area contributed by atoms with Crippen LogP contribution in [0.4, 0.5) is 0 Å². The van der Waals surface area contributed by atoms with E-state index in [-0.39, 0.29) is 12.0 Å². The minimum Gasteiger partial charge on any atom is -0.486 e. The zero-order valence-electron chi connectivity index (χ0n) is 23.4. The van der Waals surface area contributed by atoms with Crippen LogP contribution in [0.25, 0.3) is 0 Å². The summed E-state index contributed by atoms with van der Waals surface area (Å²) in [5.41, 5.74) is 4.25. The van der Waals surface area contributed by atoms with E-state index in [2.05, 4.69) is 18.2 Å². The monoisotopic (exact) mass is 538 g/mol. The van der Waals surface area contributed by atoms with Gasteiger partial charge in [0.15, 0.2) is 17.6 Å². The second-order valence-corrected chi connectivity index (χ2v) is 10.7. The van der Waals surface area contributed by atoms with Crippen LogP contribution in [0.2, 0.25) is 0 Å². The van der Waals surface area contributed by atoms with Crippen LogP contribution in [0.15, 0.2) is 36.4 Å². The summed E-state index contributed by atoms with van der Waals surface area (Å²) in [6.07, 6.45) is 1.63. The molecule has 2 aromatic carbocycles. The van der Waals surface area contributed by atoms with E-state index in [1.54, 1.807) is 7.11 Å². The predicted molar refractivity (Wildman–Crippen MR) is 143 cm³/mol. The highest BCUT2D eigenvalue weighted by molar-refractivity contribution is 5.67. The van der Waals surface area contributed by atoms with E-state index in [1.165, 1.54) is 19.4 Å². The van der Waals surface area contributed by atoms with Crippen molar-refractivity contribution >= 4 is 11.9 Å². The molecule has 1 aliphatic carbocycles. The fraction of sp³-hybridized carbons (Fsp3) is 0.548. The Morgan fingerprint density at radius 1 is 0.974 bits per heavy atom. The zero-order valence-corrected chi connectivity index (χ0v) is 23.4. The minimum atomic E-state index is -1.46. The van der Waals surface area contributed by atoms with Crippen LogP contribution < -0.4 is 9.47 Å². The normalized spacial score (nSPS) is 28.0. The molecule has 1 saturated carbocycles. The summed E-state index contributed by atoms with van der Waals surface area (Å²) >= 11 is 0. The standard InChI is InChI=1S/C31H38O8/c1-6-26-18(2)29(37-19(3)32)30(38-20(4)33)31(34-5,39-26)24-10-11-25(22-8-9-22)23(17-24)15-21-7-12-27-28(16-21)36-14-13-35-27/h7,10-12,16-18,22,26,29-30H,6,8-9,13-15H2,1-5H3/t18-,26-,29+,30-,31?/m1/s1. The first-order valence-corrected chi connectivity index (χ1v) is 13.8. The topological polar surface area (TPSA) is 89.5 Å². The van der Waals surface area contributed by atoms with E-state index in [9.17, 15) is 9.59 Å². The molecule has 5 atom stereocenters. The molecule has 0 amide bonds. The van der Waals surface area contributed by atoms with E-state index in [0.29, 0.717) is 32.0 Å². The molecule has 1 saturated heterocycles. The first-order chi connectivity index (χ1) is 18.8. The molecule has 3 aliphatic rings. The Morgan fingerprint density at radius 3 is 2.33 bits per heavy atom. The highest BCUT2D eigenvalue weighted by atomic mass is 16.7. The third kappa shape index (κ3) is 5.50. The van der Waals surface area contributed by atoms with Gasteiger partial charge in [0.2, 0.25) is 5.79 Å². The van der Waals surface area contributed by atoms with Gasteiger partial charge in [-0.2, -0.15) is 0 Å². The van der Waals surface area contributed by atoms with Crippen molar-refractivity contribution < 1.29 is 38.0 Å². The molecule has 0 aromatic heterocycles. The summed E-state index contributed by atoms with van der Waals surface area (Å²) in [4.78, 5) is 24.5. The largest absolute Gasteiger partial charge is 0.486 e. The molecule has 0 N–H and O–H groups in total. The smallest absolute Gasteiger partial charge is 0.303 e. The summed E-state index contributed by atoms with van der Waals surface area (Å²) in [7, 11) is 1.54. The van der Waals surface area contributed by atoms with Crippen LogP contribution in [-0.2, 0) is 40.7 Å². The van der Waals surface area contributed by atoms with Gasteiger partial charge in [0.05, 0.1) is 6.10 Å². The van der Waals surface area contributed by atoms with E-state index >= 15 is 0 Å².